The van der Waals surface area contributed by atoms with E-state index in [1.54, 1.807) is 18.2 Å². The van der Waals surface area contributed by atoms with E-state index in [4.69, 9.17) is 23.2 Å². The number of carbonyl (C=O) groups excluding carboxylic acids is 2. The average Bonchev–Trinajstić information content (AvgIpc) is 3.13. The molecule has 2 aliphatic heterocycles. The van der Waals surface area contributed by atoms with Crippen LogP contribution in [0.15, 0.2) is 18.2 Å². The van der Waals surface area contributed by atoms with E-state index in [9.17, 15) is 14.7 Å². The number of hydrogen-bond donors (Lipinski definition) is 3. The van der Waals surface area contributed by atoms with Crippen LogP contribution in [0.2, 0.25) is 10.0 Å². The van der Waals surface area contributed by atoms with Gasteiger partial charge in [0.25, 0.3) is 0 Å². The average molecular weight is 372 g/mol. The van der Waals surface area contributed by atoms with Crippen LogP contribution in [0.1, 0.15) is 6.42 Å². The molecule has 130 valence electrons. The van der Waals surface area contributed by atoms with Gasteiger partial charge in [-0.1, -0.05) is 23.2 Å². The van der Waals surface area contributed by atoms with Crippen molar-refractivity contribution in [2.75, 3.05) is 31.1 Å². The van der Waals surface area contributed by atoms with Crippen LogP contribution in [0.5, 0.6) is 0 Å². The van der Waals surface area contributed by atoms with E-state index in [1.165, 1.54) is 4.90 Å². The minimum atomic E-state index is -0.730. The predicted octanol–water partition coefficient (Wildman–Crippen LogP) is 1.04. The summed E-state index contributed by atoms with van der Waals surface area (Å²) >= 11 is 12.1. The van der Waals surface area contributed by atoms with Crippen molar-refractivity contribution in [2.24, 2.45) is 11.8 Å². The molecule has 2 fully saturated rings. The summed E-state index contributed by atoms with van der Waals surface area (Å²) in [6, 6.07) is 4.91. The van der Waals surface area contributed by atoms with Crippen molar-refractivity contribution in [3.05, 3.63) is 28.2 Å². The zero-order valence-electron chi connectivity index (χ0n) is 13.0. The number of hydrogen-bond acceptors (Lipinski definition) is 4. The number of carbonyl (C=O) groups is 2. The molecular weight excluding hydrogens is 353 g/mol. The SMILES string of the molecule is O=C(NCC1CNCC1O)C1CCN(c2cc(Cl)ccc2Cl)C1=O. The van der Waals surface area contributed by atoms with Crippen LogP contribution in [0.3, 0.4) is 0 Å². The molecule has 2 amide bonds. The lowest BCUT2D eigenvalue weighted by Crippen LogP contribution is -2.40. The number of aliphatic hydroxyl groups excluding tert-OH is 1. The molecule has 2 heterocycles. The van der Waals surface area contributed by atoms with Crippen molar-refractivity contribution < 1.29 is 14.7 Å². The molecule has 6 nitrogen and oxygen atoms in total. The molecular formula is C16H19Cl2N3O3. The van der Waals surface area contributed by atoms with Crippen molar-refractivity contribution >= 4 is 40.7 Å². The van der Waals surface area contributed by atoms with Gasteiger partial charge < -0.3 is 20.6 Å². The van der Waals surface area contributed by atoms with Crippen molar-refractivity contribution in [1.29, 1.82) is 0 Å². The van der Waals surface area contributed by atoms with Gasteiger partial charge in [-0.05, 0) is 24.6 Å². The number of amides is 2. The third kappa shape index (κ3) is 3.52. The highest BCUT2D eigenvalue weighted by Gasteiger charge is 2.38. The molecule has 8 heteroatoms. The Bertz CT molecular complexity index is 655. The van der Waals surface area contributed by atoms with Crippen LogP contribution in [-0.2, 0) is 9.59 Å². The summed E-state index contributed by atoms with van der Waals surface area (Å²) in [6.07, 6.45) is -0.0368. The highest BCUT2D eigenvalue weighted by atomic mass is 35.5. The quantitative estimate of drug-likeness (QED) is 0.690. The molecule has 2 saturated heterocycles. The van der Waals surface area contributed by atoms with Crippen molar-refractivity contribution in [1.82, 2.24) is 10.6 Å². The summed E-state index contributed by atoms with van der Waals surface area (Å²) in [4.78, 5) is 26.4. The van der Waals surface area contributed by atoms with E-state index in [1.807, 2.05) is 0 Å². The molecule has 24 heavy (non-hydrogen) atoms. The van der Waals surface area contributed by atoms with Gasteiger partial charge in [0.2, 0.25) is 11.8 Å². The van der Waals surface area contributed by atoms with E-state index >= 15 is 0 Å². The van der Waals surface area contributed by atoms with Crippen molar-refractivity contribution in [2.45, 2.75) is 12.5 Å². The molecule has 1 aromatic carbocycles. The van der Waals surface area contributed by atoms with E-state index in [0.717, 1.165) is 0 Å². The molecule has 0 bridgehead atoms. The van der Waals surface area contributed by atoms with Gasteiger partial charge in [0, 0.05) is 37.1 Å². The monoisotopic (exact) mass is 371 g/mol. The predicted molar refractivity (Wildman–Crippen MR) is 92.3 cm³/mol. The summed E-state index contributed by atoms with van der Waals surface area (Å²) in [5, 5.41) is 16.5. The third-order valence-corrected chi connectivity index (χ3v) is 5.12. The normalized spacial score (nSPS) is 26.9. The fourth-order valence-corrected chi connectivity index (χ4v) is 3.52. The maximum absolute atomic E-state index is 12.6. The van der Waals surface area contributed by atoms with Crippen molar-refractivity contribution in [3.63, 3.8) is 0 Å². The Morgan fingerprint density at radius 2 is 2.17 bits per heavy atom. The second-order valence-corrected chi connectivity index (χ2v) is 7.00. The molecule has 0 aromatic heterocycles. The number of nitrogens with one attached hydrogen (secondary N) is 2. The number of nitrogens with zero attached hydrogens (tertiary/aromatic N) is 1. The standard InChI is InChI=1S/C16H19Cl2N3O3/c17-10-1-2-12(18)13(5-10)21-4-3-11(16(21)24)15(23)20-7-9-6-19-8-14(9)22/h1-2,5,9,11,14,19,22H,3-4,6-8H2,(H,20,23). The van der Waals surface area contributed by atoms with Gasteiger partial charge in [-0.15, -0.1) is 0 Å². The van der Waals surface area contributed by atoms with Gasteiger partial charge in [0.1, 0.15) is 5.92 Å². The van der Waals surface area contributed by atoms with Gasteiger partial charge in [-0.2, -0.15) is 0 Å². The van der Waals surface area contributed by atoms with Crippen molar-refractivity contribution in [3.8, 4) is 0 Å². The number of anilines is 1. The summed E-state index contributed by atoms with van der Waals surface area (Å²) in [5.41, 5.74) is 0.528. The number of rotatable bonds is 4. The van der Waals surface area contributed by atoms with E-state index in [0.29, 0.717) is 48.3 Å². The molecule has 3 rings (SSSR count). The van der Waals surface area contributed by atoms with Gasteiger partial charge in [-0.25, -0.2) is 0 Å². The number of aliphatic hydroxyl groups is 1. The van der Waals surface area contributed by atoms with Gasteiger partial charge in [0.15, 0.2) is 0 Å². The molecule has 0 radical (unpaired) electrons. The number of benzene rings is 1. The second kappa shape index (κ2) is 7.27. The topological polar surface area (TPSA) is 81.7 Å². The van der Waals surface area contributed by atoms with Crippen LogP contribution in [-0.4, -0.2) is 49.2 Å². The highest BCUT2D eigenvalue weighted by molar-refractivity contribution is 6.36. The minimum absolute atomic E-state index is 0.0241. The first-order valence-electron chi connectivity index (χ1n) is 7.90. The molecule has 0 spiro atoms. The largest absolute Gasteiger partial charge is 0.391 e. The van der Waals surface area contributed by atoms with Crippen LogP contribution >= 0.6 is 23.2 Å². The Balaban J connectivity index is 1.63. The molecule has 3 atom stereocenters. The Morgan fingerprint density at radius 3 is 2.88 bits per heavy atom. The summed E-state index contributed by atoms with van der Waals surface area (Å²) in [6.45, 7) is 1.97. The maximum atomic E-state index is 12.6. The fraction of sp³-hybridized carbons (Fsp3) is 0.500. The Hall–Kier alpha value is -1.34. The number of β-amino-alcohol motifs (C(OH)–C–C–N with tert-alkyl or cyclic N) is 1. The zero-order chi connectivity index (χ0) is 17.3. The van der Waals surface area contributed by atoms with Crippen LogP contribution in [0.4, 0.5) is 5.69 Å². The lowest BCUT2D eigenvalue weighted by molar-refractivity contribution is -0.132. The van der Waals surface area contributed by atoms with E-state index in [-0.39, 0.29) is 17.7 Å². The molecule has 2 aliphatic rings. The lowest BCUT2D eigenvalue weighted by Gasteiger charge is -2.19. The summed E-state index contributed by atoms with van der Waals surface area (Å²) in [7, 11) is 0. The molecule has 0 saturated carbocycles. The smallest absolute Gasteiger partial charge is 0.239 e. The Kier molecular flexibility index (Phi) is 5.30. The molecule has 3 N–H and O–H groups in total. The Labute approximate surface area is 150 Å². The first-order valence-corrected chi connectivity index (χ1v) is 8.66. The van der Waals surface area contributed by atoms with Gasteiger partial charge >= 0.3 is 0 Å². The summed E-state index contributed by atoms with van der Waals surface area (Å²) < 4.78 is 0. The number of halogens is 2. The Morgan fingerprint density at radius 1 is 1.38 bits per heavy atom. The van der Waals surface area contributed by atoms with E-state index in [2.05, 4.69) is 10.6 Å². The lowest BCUT2D eigenvalue weighted by atomic mass is 10.0. The van der Waals surface area contributed by atoms with E-state index < -0.39 is 12.0 Å². The minimum Gasteiger partial charge on any atom is -0.391 e. The highest BCUT2D eigenvalue weighted by Crippen LogP contribution is 2.33. The van der Waals surface area contributed by atoms with Gasteiger partial charge in [0.05, 0.1) is 16.8 Å². The first-order chi connectivity index (χ1) is 11.5. The summed E-state index contributed by atoms with van der Waals surface area (Å²) in [5.74, 6) is -1.34. The van der Waals surface area contributed by atoms with Crippen LogP contribution < -0.4 is 15.5 Å². The zero-order valence-corrected chi connectivity index (χ0v) is 14.5. The van der Waals surface area contributed by atoms with Crippen LogP contribution in [0, 0.1) is 11.8 Å². The molecule has 1 aromatic rings. The first kappa shape index (κ1) is 17.5. The molecule has 3 unspecified atom stereocenters. The van der Waals surface area contributed by atoms with Gasteiger partial charge in [-0.3, -0.25) is 9.59 Å². The fourth-order valence-electron chi connectivity index (χ4n) is 3.14. The third-order valence-electron chi connectivity index (χ3n) is 4.56. The van der Waals surface area contributed by atoms with Crippen LogP contribution in [0.25, 0.3) is 0 Å². The second-order valence-electron chi connectivity index (χ2n) is 6.16. The maximum Gasteiger partial charge on any atom is 0.239 e. The molecule has 0 aliphatic carbocycles.